The molecule has 24 heavy (non-hydrogen) atoms. The molecule has 0 bridgehead atoms. The summed E-state index contributed by atoms with van der Waals surface area (Å²) in [6.45, 7) is 0.301. The molecule has 0 saturated carbocycles. The Morgan fingerprint density at radius 2 is 1.67 bits per heavy atom. The SMILES string of the molecule is CN1C(=O)N(Cc2ccccc2)C(=O)C1Cc1ccc(NN)cc1. The third kappa shape index (κ3) is 3.09. The number of benzene rings is 2. The first-order valence-corrected chi connectivity index (χ1v) is 7.78. The highest BCUT2D eigenvalue weighted by Crippen LogP contribution is 2.22. The van der Waals surface area contributed by atoms with E-state index in [-0.39, 0.29) is 11.9 Å². The Kier molecular flexibility index (Phi) is 4.48. The molecule has 0 radical (unpaired) electrons. The molecule has 1 heterocycles. The molecule has 3 N–H and O–H groups in total. The van der Waals surface area contributed by atoms with Gasteiger partial charge in [-0.3, -0.25) is 15.5 Å². The summed E-state index contributed by atoms with van der Waals surface area (Å²) < 4.78 is 0. The van der Waals surface area contributed by atoms with Gasteiger partial charge in [-0.2, -0.15) is 0 Å². The van der Waals surface area contributed by atoms with E-state index >= 15 is 0 Å². The lowest BCUT2D eigenvalue weighted by Crippen LogP contribution is -2.33. The number of nitrogen functional groups attached to an aromatic ring is 1. The predicted molar refractivity (Wildman–Crippen MR) is 91.9 cm³/mol. The second-order valence-corrected chi connectivity index (χ2v) is 5.86. The zero-order valence-corrected chi connectivity index (χ0v) is 13.5. The molecule has 0 aromatic heterocycles. The molecular weight excluding hydrogens is 304 g/mol. The fraction of sp³-hybridized carbons (Fsp3) is 0.222. The maximum absolute atomic E-state index is 12.7. The maximum Gasteiger partial charge on any atom is 0.327 e. The average molecular weight is 324 g/mol. The normalized spacial score (nSPS) is 17.5. The Morgan fingerprint density at radius 3 is 2.29 bits per heavy atom. The molecule has 6 nitrogen and oxygen atoms in total. The van der Waals surface area contributed by atoms with Gasteiger partial charge in [-0.05, 0) is 23.3 Å². The fourth-order valence-corrected chi connectivity index (χ4v) is 2.86. The van der Waals surface area contributed by atoms with E-state index in [4.69, 9.17) is 5.84 Å². The lowest BCUT2D eigenvalue weighted by atomic mass is 10.0. The minimum absolute atomic E-state index is 0.160. The van der Waals surface area contributed by atoms with Crippen LogP contribution < -0.4 is 11.3 Å². The average Bonchev–Trinajstić information content (AvgIpc) is 2.81. The monoisotopic (exact) mass is 324 g/mol. The van der Waals surface area contributed by atoms with Gasteiger partial charge >= 0.3 is 6.03 Å². The second kappa shape index (κ2) is 6.72. The first kappa shape index (κ1) is 16.0. The maximum atomic E-state index is 12.7. The summed E-state index contributed by atoms with van der Waals surface area (Å²) in [5, 5.41) is 0. The Morgan fingerprint density at radius 1 is 1.00 bits per heavy atom. The third-order valence-corrected chi connectivity index (χ3v) is 4.28. The van der Waals surface area contributed by atoms with E-state index < -0.39 is 6.04 Å². The zero-order valence-electron chi connectivity index (χ0n) is 13.5. The molecule has 3 rings (SSSR count). The fourth-order valence-electron chi connectivity index (χ4n) is 2.86. The van der Waals surface area contributed by atoms with Gasteiger partial charge in [-0.25, -0.2) is 4.79 Å². The number of nitrogens with two attached hydrogens (primary N) is 1. The highest BCUT2D eigenvalue weighted by molar-refractivity contribution is 6.04. The molecule has 6 heteroatoms. The first-order valence-electron chi connectivity index (χ1n) is 7.78. The van der Waals surface area contributed by atoms with Gasteiger partial charge in [-0.15, -0.1) is 0 Å². The molecule has 124 valence electrons. The van der Waals surface area contributed by atoms with Crippen LogP contribution in [-0.4, -0.2) is 34.8 Å². The van der Waals surface area contributed by atoms with Crippen LogP contribution in [0.1, 0.15) is 11.1 Å². The molecule has 0 spiro atoms. The highest BCUT2D eigenvalue weighted by atomic mass is 16.2. The highest BCUT2D eigenvalue weighted by Gasteiger charge is 2.42. The van der Waals surface area contributed by atoms with Crippen LogP contribution in [-0.2, 0) is 17.8 Å². The van der Waals surface area contributed by atoms with Crippen LogP contribution in [0.3, 0.4) is 0 Å². The van der Waals surface area contributed by atoms with Crippen LogP contribution in [0.25, 0.3) is 0 Å². The number of rotatable bonds is 5. The van der Waals surface area contributed by atoms with Crippen molar-refractivity contribution >= 4 is 17.6 Å². The molecular formula is C18H20N4O2. The number of imide groups is 1. The van der Waals surface area contributed by atoms with Crippen LogP contribution in [0.2, 0.25) is 0 Å². The van der Waals surface area contributed by atoms with Crippen molar-refractivity contribution in [2.24, 2.45) is 5.84 Å². The van der Waals surface area contributed by atoms with E-state index in [9.17, 15) is 9.59 Å². The van der Waals surface area contributed by atoms with Crippen LogP contribution in [0, 0.1) is 0 Å². The molecule has 1 atom stereocenters. The number of carbonyl (C=O) groups excluding carboxylic acids is 2. The smallest absolute Gasteiger partial charge is 0.324 e. The van der Waals surface area contributed by atoms with Crippen molar-refractivity contribution in [2.75, 3.05) is 12.5 Å². The Labute approximate surface area is 140 Å². The lowest BCUT2D eigenvalue weighted by molar-refractivity contribution is -0.128. The zero-order chi connectivity index (χ0) is 17.1. The van der Waals surface area contributed by atoms with Crippen molar-refractivity contribution in [1.82, 2.24) is 9.80 Å². The molecule has 1 aliphatic rings. The summed E-state index contributed by atoms with van der Waals surface area (Å²) in [6.07, 6.45) is 0.483. The lowest BCUT2D eigenvalue weighted by Gasteiger charge is -2.16. The summed E-state index contributed by atoms with van der Waals surface area (Å²) in [7, 11) is 1.67. The molecule has 3 amide bonds. The van der Waals surface area contributed by atoms with Gasteiger partial charge in [0.1, 0.15) is 6.04 Å². The summed E-state index contributed by atoms with van der Waals surface area (Å²) in [6, 6.07) is 16.3. The van der Waals surface area contributed by atoms with Crippen LogP contribution >= 0.6 is 0 Å². The number of hydrogen-bond acceptors (Lipinski definition) is 4. The van der Waals surface area contributed by atoms with Crippen LogP contribution in [0.4, 0.5) is 10.5 Å². The molecule has 1 aliphatic heterocycles. The van der Waals surface area contributed by atoms with Crippen molar-refractivity contribution in [3.05, 3.63) is 65.7 Å². The van der Waals surface area contributed by atoms with Crippen molar-refractivity contribution in [1.29, 1.82) is 0 Å². The number of amides is 3. The number of likely N-dealkylation sites (N-methyl/N-ethyl adjacent to an activating group) is 1. The standard InChI is InChI=1S/C18H20N4O2/c1-21-16(11-13-7-9-15(20-19)10-8-13)17(23)22(18(21)24)12-14-5-3-2-4-6-14/h2-10,16,20H,11-12,19H2,1H3. The number of anilines is 1. The van der Waals surface area contributed by atoms with Crippen molar-refractivity contribution < 1.29 is 9.59 Å². The van der Waals surface area contributed by atoms with Crippen molar-refractivity contribution in [3.63, 3.8) is 0 Å². The summed E-state index contributed by atoms with van der Waals surface area (Å²) >= 11 is 0. The predicted octanol–water partition coefficient (Wildman–Crippen LogP) is 1.98. The number of carbonyl (C=O) groups is 2. The van der Waals surface area contributed by atoms with Gasteiger partial charge in [0.05, 0.1) is 6.54 Å². The van der Waals surface area contributed by atoms with Gasteiger partial charge in [0.15, 0.2) is 0 Å². The minimum Gasteiger partial charge on any atom is -0.324 e. The van der Waals surface area contributed by atoms with Crippen LogP contribution in [0.5, 0.6) is 0 Å². The summed E-state index contributed by atoms with van der Waals surface area (Å²) in [5.41, 5.74) is 5.28. The molecule has 2 aromatic carbocycles. The van der Waals surface area contributed by atoms with Gasteiger partial charge in [0.2, 0.25) is 0 Å². The minimum atomic E-state index is -0.474. The van der Waals surface area contributed by atoms with Gasteiger partial charge in [-0.1, -0.05) is 42.5 Å². The van der Waals surface area contributed by atoms with Crippen molar-refractivity contribution in [2.45, 2.75) is 19.0 Å². The number of nitrogens with one attached hydrogen (secondary N) is 1. The Bertz CT molecular complexity index is 730. The van der Waals surface area contributed by atoms with E-state index in [1.165, 1.54) is 9.80 Å². The summed E-state index contributed by atoms with van der Waals surface area (Å²) in [4.78, 5) is 27.9. The van der Waals surface area contributed by atoms with E-state index in [2.05, 4.69) is 5.43 Å². The van der Waals surface area contributed by atoms with E-state index in [0.29, 0.717) is 13.0 Å². The largest absolute Gasteiger partial charge is 0.327 e. The molecule has 2 aromatic rings. The molecule has 0 aliphatic carbocycles. The van der Waals surface area contributed by atoms with Crippen LogP contribution in [0.15, 0.2) is 54.6 Å². The molecule has 1 fully saturated rings. The van der Waals surface area contributed by atoms with E-state index in [0.717, 1.165) is 16.8 Å². The number of urea groups is 1. The second-order valence-electron chi connectivity index (χ2n) is 5.86. The van der Waals surface area contributed by atoms with Crippen molar-refractivity contribution in [3.8, 4) is 0 Å². The number of nitrogens with zero attached hydrogens (tertiary/aromatic N) is 2. The first-order chi connectivity index (χ1) is 11.6. The third-order valence-electron chi connectivity index (χ3n) is 4.28. The quantitative estimate of drug-likeness (QED) is 0.501. The number of hydrazine groups is 1. The van der Waals surface area contributed by atoms with E-state index in [1.807, 2.05) is 54.6 Å². The molecule has 1 unspecified atom stereocenters. The Balaban J connectivity index is 1.74. The Hall–Kier alpha value is -2.86. The van der Waals surface area contributed by atoms with Gasteiger partial charge in [0, 0.05) is 19.2 Å². The van der Waals surface area contributed by atoms with Gasteiger partial charge in [0.25, 0.3) is 5.91 Å². The summed E-state index contributed by atoms with van der Waals surface area (Å²) in [5.74, 6) is 5.19. The number of hydrogen-bond donors (Lipinski definition) is 2. The van der Waals surface area contributed by atoms with E-state index in [1.54, 1.807) is 7.05 Å². The topological polar surface area (TPSA) is 78.7 Å². The van der Waals surface area contributed by atoms with Gasteiger partial charge < -0.3 is 10.3 Å². The molecule has 1 saturated heterocycles.